The summed E-state index contributed by atoms with van der Waals surface area (Å²) in [6, 6.07) is 14.4. The van der Waals surface area contributed by atoms with E-state index in [1.165, 1.54) is 11.8 Å². The second-order valence-corrected chi connectivity index (χ2v) is 9.66. The van der Waals surface area contributed by atoms with E-state index in [9.17, 15) is 20.4 Å². The van der Waals surface area contributed by atoms with E-state index in [2.05, 4.69) is 30.1 Å². The normalized spacial score (nSPS) is 30.8. The molecule has 2 aliphatic heterocycles. The first kappa shape index (κ1) is 20.1. The fourth-order valence-corrected chi connectivity index (χ4v) is 6.17. The van der Waals surface area contributed by atoms with E-state index in [1.54, 1.807) is 0 Å². The monoisotopic (exact) mass is 427 g/mol. The SMILES string of the molecule is Cc1cc2c(cc1Cc1cc3ccccc3[nH]1)[C@]1(OC2)S[C@H](CO)[C@@H](O)[C@H](O)[C@H]1O. The Labute approximate surface area is 178 Å². The summed E-state index contributed by atoms with van der Waals surface area (Å²) in [5.74, 6) is 0. The third-order valence-corrected chi connectivity index (χ3v) is 7.96. The molecule has 0 radical (unpaired) electrons. The van der Waals surface area contributed by atoms with E-state index >= 15 is 0 Å². The van der Waals surface area contributed by atoms with Crippen molar-refractivity contribution in [2.24, 2.45) is 0 Å². The third kappa shape index (κ3) is 3.00. The summed E-state index contributed by atoms with van der Waals surface area (Å²) in [4.78, 5) is 2.25. The molecule has 5 N–H and O–H groups in total. The molecule has 158 valence electrons. The number of aromatic nitrogens is 1. The van der Waals surface area contributed by atoms with Crippen LogP contribution in [0, 0.1) is 6.92 Å². The summed E-state index contributed by atoms with van der Waals surface area (Å²) < 4.78 is 6.05. The minimum Gasteiger partial charge on any atom is -0.395 e. The van der Waals surface area contributed by atoms with Crippen molar-refractivity contribution in [2.75, 3.05) is 6.61 Å². The fraction of sp³-hybridized carbons (Fsp3) is 0.391. The third-order valence-electron chi connectivity index (χ3n) is 6.30. The molecule has 1 spiro atoms. The van der Waals surface area contributed by atoms with Crippen LogP contribution in [0.2, 0.25) is 0 Å². The lowest BCUT2D eigenvalue weighted by Crippen LogP contribution is -2.58. The van der Waals surface area contributed by atoms with Crippen LogP contribution < -0.4 is 0 Å². The number of aliphatic hydroxyl groups excluding tert-OH is 4. The van der Waals surface area contributed by atoms with Gasteiger partial charge in [-0.15, -0.1) is 11.8 Å². The number of nitrogens with one attached hydrogen (secondary N) is 1. The smallest absolute Gasteiger partial charge is 0.168 e. The van der Waals surface area contributed by atoms with E-state index in [-0.39, 0.29) is 6.61 Å². The first-order valence-electron chi connectivity index (χ1n) is 10.1. The zero-order valence-corrected chi connectivity index (χ0v) is 17.4. The molecule has 1 fully saturated rings. The number of hydrogen-bond acceptors (Lipinski definition) is 6. The van der Waals surface area contributed by atoms with Gasteiger partial charge in [-0.05, 0) is 41.1 Å². The molecule has 5 rings (SSSR count). The molecule has 2 aromatic carbocycles. The van der Waals surface area contributed by atoms with Crippen LogP contribution in [0.1, 0.15) is 27.9 Å². The van der Waals surface area contributed by atoms with Gasteiger partial charge in [0.15, 0.2) is 4.93 Å². The Morgan fingerprint density at radius 2 is 1.93 bits per heavy atom. The maximum Gasteiger partial charge on any atom is 0.168 e. The van der Waals surface area contributed by atoms with Gasteiger partial charge >= 0.3 is 0 Å². The average Bonchev–Trinajstić information content (AvgIpc) is 3.31. The molecule has 1 saturated heterocycles. The number of H-pyrrole nitrogens is 1. The van der Waals surface area contributed by atoms with E-state index < -0.39 is 28.5 Å². The summed E-state index contributed by atoms with van der Waals surface area (Å²) in [6.45, 7) is 2.06. The van der Waals surface area contributed by atoms with E-state index in [1.807, 2.05) is 24.3 Å². The lowest BCUT2D eigenvalue weighted by Gasteiger charge is -2.45. The predicted molar refractivity (Wildman–Crippen MR) is 115 cm³/mol. The van der Waals surface area contributed by atoms with Gasteiger partial charge in [-0.1, -0.05) is 30.3 Å². The van der Waals surface area contributed by atoms with Gasteiger partial charge < -0.3 is 30.1 Å². The molecular formula is C23H25NO5S. The average molecular weight is 428 g/mol. The molecule has 7 heteroatoms. The number of hydrogen-bond donors (Lipinski definition) is 5. The Bertz CT molecular complexity index is 1060. The number of para-hydroxylation sites is 1. The highest BCUT2D eigenvalue weighted by Gasteiger charge is 2.57. The first-order valence-corrected chi connectivity index (χ1v) is 11.0. The molecule has 0 amide bonds. The van der Waals surface area contributed by atoms with Crippen molar-refractivity contribution in [3.8, 4) is 0 Å². The van der Waals surface area contributed by atoms with Gasteiger partial charge in [0, 0.05) is 23.2 Å². The van der Waals surface area contributed by atoms with Crippen molar-refractivity contribution in [3.05, 3.63) is 70.4 Å². The van der Waals surface area contributed by atoms with Gasteiger partial charge in [0.05, 0.1) is 24.6 Å². The number of thioether (sulfide) groups is 1. The highest BCUT2D eigenvalue weighted by molar-refractivity contribution is 8.00. The number of aromatic amines is 1. The fourth-order valence-electron chi connectivity index (χ4n) is 4.63. The summed E-state index contributed by atoms with van der Waals surface area (Å²) in [5, 5.41) is 41.7. The number of benzene rings is 2. The van der Waals surface area contributed by atoms with Gasteiger partial charge in [0.1, 0.15) is 12.2 Å². The lowest BCUT2D eigenvalue weighted by atomic mass is 9.90. The number of aliphatic hydroxyl groups is 4. The summed E-state index contributed by atoms with van der Waals surface area (Å²) in [6.07, 6.45) is -3.22. The van der Waals surface area contributed by atoms with Gasteiger partial charge in [-0.25, -0.2) is 0 Å². The number of ether oxygens (including phenoxy) is 1. The standard InChI is InChI=1S/C23H25NO5S/c1-12-6-15-11-29-23(22(28)21(27)20(26)19(10-25)30-23)17(15)9-14(12)8-16-7-13-4-2-3-5-18(13)24-16/h2-7,9,19-22,24-28H,8,10-11H2,1H3/t19-,20-,21+,22-,23+/m1/s1. The topological polar surface area (TPSA) is 106 Å². The van der Waals surface area contributed by atoms with Gasteiger partial charge in [-0.2, -0.15) is 0 Å². The minimum atomic E-state index is -1.40. The first-order chi connectivity index (χ1) is 14.4. The van der Waals surface area contributed by atoms with Crippen molar-refractivity contribution in [1.29, 1.82) is 0 Å². The van der Waals surface area contributed by atoms with Crippen LogP contribution in [0.5, 0.6) is 0 Å². The number of rotatable bonds is 3. The number of fused-ring (bicyclic) bond motifs is 3. The molecule has 6 nitrogen and oxygen atoms in total. The highest BCUT2D eigenvalue weighted by atomic mass is 32.2. The molecule has 0 unspecified atom stereocenters. The molecule has 0 saturated carbocycles. The summed E-state index contributed by atoms with van der Waals surface area (Å²) in [7, 11) is 0. The molecule has 5 atom stereocenters. The molecule has 3 heterocycles. The van der Waals surface area contributed by atoms with Crippen LogP contribution >= 0.6 is 11.8 Å². The van der Waals surface area contributed by atoms with Gasteiger partial charge in [-0.3, -0.25) is 0 Å². The molecule has 3 aromatic rings. The second kappa shape index (κ2) is 7.37. The minimum absolute atomic E-state index is 0.313. The molecule has 0 aliphatic carbocycles. The van der Waals surface area contributed by atoms with Crippen molar-refractivity contribution in [1.82, 2.24) is 4.98 Å². The van der Waals surface area contributed by atoms with Crippen molar-refractivity contribution in [2.45, 2.75) is 48.4 Å². The Balaban J connectivity index is 1.54. The van der Waals surface area contributed by atoms with Crippen LogP contribution in [-0.4, -0.2) is 55.6 Å². The largest absolute Gasteiger partial charge is 0.395 e. The Morgan fingerprint density at radius 1 is 1.13 bits per heavy atom. The zero-order chi connectivity index (χ0) is 21.0. The van der Waals surface area contributed by atoms with Crippen LogP contribution in [0.4, 0.5) is 0 Å². The molecule has 2 aliphatic rings. The summed E-state index contributed by atoms with van der Waals surface area (Å²) >= 11 is 1.19. The Morgan fingerprint density at radius 3 is 2.70 bits per heavy atom. The Hall–Kier alpha value is -1.87. The van der Waals surface area contributed by atoms with Gasteiger partial charge in [0.2, 0.25) is 0 Å². The molecular weight excluding hydrogens is 402 g/mol. The molecule has 0 bridgehead atoms. The quantitative estimate of drug-likeness (QED) is 0.438. The van der Waals surface area contributed by atoms with Gasteiger partial charge in [0.25, 0.3) is 0 Å². The van der Waals surface area contributed by atoms with Crippen LogP contribution in [0.15, 0.2) is 42.5 Å². The highest BCUT2D eigenvalue weighted by Crippen LogP contribution is 2.54. The van der Waals surface area contributed by atoms with Crippen molar-refractivity contribution >= 4 is 22.7 Å². The maximum absolute atomic E-state index is 10.9. The van der Waals surface area contributed by atoms with Crippen LogP contribution in [0.25, 0.3) is 10.9 Å². The maximum atomic E-state index is 10.9. The van der Waals surface area contributed by atoms with Crippen LogP contribution in [0.3, 0.4) is 0 Å². The number of aryl methyl sites for hydroxylation is 1. The Kier molecular flexibility index (Phi) is 4.93. The van der Waals surface area contributed by atoms with E-state index in [4.69, 9.17) is 4.74 Å². The van der Waals surface area contributed by atoms with Crippen LogP contribution in [-0.2, 0) is 22.7 Å². The summed E-state index contributed by atoms with van der Waals surface area (Å²) in [5.41, 5.74) is 6.17. The van der Waals surface area contributed by atoms with E-state index in [0.717, 1.165) is 38.9 Å². The lowest BCUT2D eigenvalue weighted by molar-refractivity contribution is -0.147. The zero-order valence-electron chi connectivity index (χ0n) is 16.6. The second-order valence-electron chi connectivity index (χ2n) is 8.22. The predicted octanol–water partition coefficient (Wildman–Crippen LogP) is 1.94. The van der Waals surface area contributed by atoms with E-state index in [0.29, 0.717) is 13.0 Å². The molecule has 1 aromatic heterocycles. The van der Waals surface area contributed by atoms with Crippen molar-refractivity contribution < 1.29 is 25.2 Å². The molecule has 30 heavy (non-hydrogen) atoms. The van der Waals surface area contributed by atoms with Crippen molar-refractivity contribution in [3.63, 3.8) is 0 Å².